The number of hydrogen-bond donors (Lipinski definition) is 2. The number of nitrogens with zero attached hydrogens (tertiary/aromatic N) is 3. The van der Waals surface area contributed by atoms with Crippen molar-refractivity contribution in [1.82, 2.24) is 20.1 Å². The van der Waals surface area contributed by atoms with Crippen LogP contribution in [0.2, 0.25) is 0 Å². The van der Waals surface area contributed by atoms with Gasteiger partial charge in [-0.1, -0.05) is 6.92 Å². The van der Waals surface area contributed by atoms with Crippen LogP contribution < -0.4 is 11.1 Å². The van der Waals surface area contributed by atoms with Gasteiger partial charge in [0.15, 0.2) is 0 Å². The zero-order valence-corrected chi connectivity index (χ0v) is 12.9. The highest BCUT2D eigenvalue weighted by atomic mass is 35.5. The SMILES string of the molecule is Cc1cc(C(=O)NCC(C)CN)ccc1-n1cncn1.Cl. The molecule has 2 rings (SSSR count). The van der Waals surface area contributed by atoms with Crippen LogP contribution in [0, 0.1) is 12.8 Å². The summed E-state index contributed by atoms with van der Waals surface area (Å²) in [6.45, 7) is 5.08. The zero-order chi connectivity index (χ0) is 14.5. The minimum Gasteiger partial charge on any atom is -0.352 e. The number of aryl methyl sites for hydroxylation is 1. The highest BCUT2D eigenvalue weighted by Gasteiger charge is 2.10. The molecule has 0 bridgehead atoms. The summed E-state index contributed by atoms with van der Waals surface area (Å²) in [6, 6.07) is 5.50. The summed E-state index contributed by atoms with van der Waals surface area (Å²) in [4.78, 5) is 15.9. The lowest BCUT2D eigenvalue weighted by molar-refractivity contribution is 0.0948. The van der Waals surface area contributed by atoms with Crippen LogP contribution in [0.4, 0.5) is 0 Å². The normalized spacial score (nSPS) is 11.6. The number of nitrogens with two attached hydrogens (primary N) is 1. The van der Waals surface area contributed by atoms with Gasteiger partial charge < -0.3 is 11.1 Å². The van der Waals surface area contributed by atoms with E-state index >= 15 is 0 Å². The zero-order valence-electron chi connectivity index (χ0n) is 12.1. The van der Waals surface area contributed by atoms with Gasteiger partial charge in [0.25, 0.3) is 5.91 Å². The van der Waals surface area contributed by atoms with E-state index in [2.05, 4.69) is 15.4 Å². The first-order valence-corrected chi connectivity index (χ1v) is 6.55. The molecular weight excluding hydrogens is 290 g/mol. The molecule has 0 aliphatic rings. The molecule has 1 atom stereocenters. The van der Waals surface area contributed by atoms with Crippen molar-refractivity contribution in [1.29, 1.82) is 0 Å². The van der Waals surface area contributed by atoms with Gasteiger partial charge in [0.05, 0.1) is 5.69 Å². The first-order chi connectivity index (χ1) is 9.61. The standard InChI is InChI=1S/C14H19N5O.ClH/c1-10(6-15)7-17-14(20)12-3-4-13(11(2)5-12)19-9-16-8-18-19;/h3-5,8-10H,6-7,15H2,1-2H3,(H,17,20);1H. The largest absolute Gasteiger partial charge is 0.352 e. The average molecular weight is 310 g/mol. The summed E-state index contributed by atoms with van der Waals surface area (Å²) >= 11 is 0. The smallest absolute Gasteiger partial charge is 0.251 e. The third-order valence-corrected chi connectivity index (χ3v) is 3.14. The van der Waals surface area contributed by atoms with E-state index in [-0.39, 0.29) is 24.2 Å². The van der Waals surface area contributed by atoms with E-state index in [1.54, 1.807) is 17.1 Å². The van der Waals surface area contributed by atoms with E-state index in [1.165, 1.54) is 6.33 Å². The summed E-state index contributed by atoms with van der Waals surface area (Å²) in [6.07, 6.45) is 3.11. The summed E-state index contributed by atoms with van der Waals surface area (Å²) in [7, 11) is 0. The van der Waals surface area contributed by atoms with Crippen LogP contribution >= 0.6 is 12.4 Å². The van der Waals surface area contributed by atoms with Gasteiger partial charge >= 0.3 is 0 Å². The molecule has 1 heterocycles. The molecule has 0 aliphatic heterocycles. The minimum absolute atomic E-state index is 0. The lowest BCUT2D eigenvalue weighted by atomic mass is 10.1. The first-order valence-electron chi connectivity index (χ1n) is 6.55. The van der Waals surface area contributed by atoms with E-state index in [0.717, 1.165) is 11.3 Å². The first kappa shape index (κ1) is 17.1. The van der Waals surface area contributed by atoms with Gasteiger partial charge in [0.2, 0.25) is 0 Å². The Hall–Kier alpha value is -1.92. The lowest BCUT2D eigenvalue weighted by Gasteiger charge is -2.11. The molecule has 114 valence electrons. The molecule has 1 amide bonds. The highest BCUT2D eigenvalue weighted by molar-refractivity contribution is 5.94. The molecule has 2 aromatic rings. The second kappa shape index (κ2) is 7.75. The van der Waals surface area contributed by atoms with Crippen molar-refractivity contribution in [3.8, 4) is 5.69 Å². The molecule has 7 heteroatoms. The predicted octanol–water partition coefficient (Wildman–Crippen LogP) is 1.32. The molecule has 3 N–H and O–H groups in total. The summed E-state index contributed by atoms with van der Waals surface area (Å²) in [5.41, 5.74) is 8.04. The topological polar surface area (TPSA) is 85.8 Å². The second-order valence-corrected chi connectivity index (χ2v) is 4.89. The van der Waals surface area contributed by atoms with Gasteiger partial charge in [-0.3, -0.25) is 4.79 Å². The number of amides is 1. The van der Waals surface area contributed by atoms with E-state index < -0.39 is 0 Å². The van der Waals surface area contributed by atoms with Gasteiger partial charge in [-0.2, -0.15) is 5.10 Å². The van der Waals surface area contributed by atoms with Crippen molar-refractivity contribution in [2.45, 2.75) is 13.8 Å². The molecule has 21 heavy (non-hydrogen) atoms. The van der Waals surface area contributed by atoms with Crippen molar-refractivity contribution >= 4 is 18.3 Å². The van der Waals surface area contributed by atoms with Crippen LogP contribution in [0.3, 0.4) is 0 Å². The van der Waals surface area contributed by atoms with E-state index in [1.807, 2.05) is 26.0 Å². The predicted molar refractivity (Wildman–Crippen MR) is 83.9 cm³/mol. The van der Waals surface area contributed by atoms with Crippen LogP contribution in [-0.2, 0) is 0 Å². The summed E-state index contributed by atoms with van der Waals surface area (Å²) in [5, 5.41) is 6.96. The summed E-state index contributed by atoms with van der Waals surface area (Å²) < 4.78 is 1.67. The number of aromatic nitrogens is 3. The van der Waals surface area contributed by atoms with E-state index in [9.17, 15) is 4.79 Å². The number of hydrogen-bond acceptors (Lipinski definition) is 4. The van der Waals surface area contributed by atoms with Gasteiger partial charge in [-0.05, 0) is 43.1 Å². The van der Waals surface area contributed by atoms with E-state index in [4.69, 9.17) is 5.73 Å². The van der Waals surface area contributed by atoms with Crippen molar-refractivity contribution in [3.63, 3.8) is 0 Å². The molecule has 0 saturated heterocycles. The van der Waals surface area contributed by atoms with Crippen LogP contribution in [0.25, 0.3) is 5.69 Å². The number of halogens is 1. The van der Waals surface area contributed by atoms with Crippen LogP contribution in [0.5, 0.6) is 0 Å². The number of carbonyl (C=O) groups excluding carboxylic acids is 1. The fraction of sp³-hybridized carbons (Fsp3) is 0.357. The third kappa shape index (κ3) is 4.27. The number of carbonyl (C=O) groups is 1. The lowest BCUT2D eigenvalue weighted by Crippen LogP contribution is -2.31. The molecule has 0 spiro atoms. The maximum Gasteiger partial charge on any atom is 0.251 e. The Balaban J connectivity index is 0.00000220. The Bertz CT molecular complexity index is 585. The Kier molecular flexibility index (Phi) is 6.33. The van der Waals surface area contributed by atoms with Crippen LogP contribution in [-0.4, -0.2) is 33.8 Å². The Labute approximate surface area is 130 Å². The third-order valence-electron chi connectivity index (χ3n) is 3.14. The summed E-state index contributed by atoms with van der Waals surface area (Å²) in [5.74, 6) is 0.188. The second-order valence-electron chi connectivity index (χ2n) is 4.89. The van der Waals surface area contributed by atoms with Gasteiger partial charge in [0, 0.05) is 12.1 Å². The van der Waals surface area contributed by atoms with Crippen LogP contribution in [0.15, 0.2) is 30.9 Å². The fourth-order valence-electron chi connectivity index (χ4n) is 1.84. The van der Waals surface area contributed by atoms with E-state index in [0.29, 0.717) is 18.7 Å². The molecule has 1 aromatic heterocycles. The van der Waals surface area contributed by atoms with Crippen molar-refractivity contribution in [2.24, 2.45) is 11.7 Å². The fourth-order valence-corrected chi connectivity index (χ4v) is 1.84. The maximum absolute atomic E-state index is 12.0. The van der Waals surface area contributed by atoms with Crippen molar-refractivity contribution in [2.75, 3.05) is 13.1 Å². The number of nitrogens with one attached hydrogen (secondary N) is 1. The van der Waals surface area contributed by atoms with Gasteiger partial charge in [-0.15, -0.1) is 12.4 Å². The number of rotatable bonds is 5. The van der Waals surface area contributed by atoms with Crippen LogP contribution in [0.1, 0.15) is 22.8 Å². The maximum atomic E-state index is 12.0. The molecule has 1 unspecified atom stereocenters. The van der Waals surface area contributed by atoms with Crippen molar-refractivity contribution in [3.05, 3.63) is 42.0 Å². The Morgan fingerprint density at radius 2 is 2.24 bits per heavy atom. The highest BCUT2D eigenvalue weighted by Crippen LogP contribution is 2.14. The molecule has 0 aliphatic carbocycles. The molecule has 6 nitrogen and oxygen atoms in total. The van der Waals surface area contributed by atoms with Gasteiger partial charge in [-0.25, -0.2) is 9.67 Å². The number of benzene rings is 1. The molecular formula is C14H20ClN5O. The monoisotopic (exact) mass is 309 g/mol. The quantitative estimate of drug-likeness (QED) is 0.872. The molecule has 0 radical (unpaired) electrons. The Morgan fingerprint density at radius 3 is 2.81 bits per heavy atom. The molecule has 0 saturated carbocycles. The molecule has 0 fully saturated rings. The Morgan fingerprint density at radius 1 is 1.48 bits per heavy atom. The van der Waals surface area contributed by atoms with Gasteiger partial charge in [0.1, 0.15) is 12.7 Å². The van der Waals surface area contributed by atoms with Crippen molar-refractivity contribution < 1.29 is 4.79 Å². The minimum atomic E-state index is -0.0847. The molecule has 1 aromatic carbocycles. The average Bonchev–Trinajstić information content (AvgIpc) is 2.98.